The zero-order chi connectivity index (χ0) is 22.1. The molecule has 7 nitrogen and oxygen atoms in total. The first-order valence-corrected chi connectivity index (χ1v) is 9.96. The van der Waals surface area contributed by atoms with Crippen molar-refractivity contribution in [2.75, 3.05) is 13.7 Å². The molecule has 160 valence electrons. The molecule has 3 aromatic rings. The fourth-order valence-electron chi connectivity index (χ4n) is 2.77. The number of rotatable bonds is 6. The molecule has 0 atom stereocenters. The lowest BCUT2D eigenvalue weighted by atomic mass is 10.1. The number of ether oxygens (including phenoxy) is 2. The van der Waals surface area contributed by atoms with Crippen molar-refractivity contribution < 1.29 is 35.2 Å². The molecule has 0 spiro atoms. The number of nitrogens with zero attached hydrogens (tertiary/aromatic N) is 1. The van der Waals surface area contributed by atoms with Crippen LogP contribution in [0.2, 0.25) is 0 Å². The number of halogens is 3. The lowest BCUT2D eigenvalue weighted by Crippen LogP contribution is -2.29. The SMILES string of the molecule is CCOc1cc2cccc(OS(=O)(=O)C(F)(F)F)c2c(=O)n1-c1ccc(OC)cc1. The number of pyridine rings is 1. The lowest BCUT2D eigenvalue weighted by molar-refractivity contribution is -0.0499. The van der Waals surface area contributed by atoms with Gasteiger partial charge in [-0.25, -0.2) is 4.57 Å². The number of hydrogen-bond donors (Lipinski definition) is 0. The Balaban J connectivity index is 2.29. The molecule has 0 aliphatic heterocycles. The predicted molar refractivity (Wildman–Crippen MR) is 103 cm³/mol. The first kappa shape index (κ1) is 21.5. The summed E-state index contributed by atoms with van der Waals surface area (Å²) in [4.78, 5) is 13.2. The minimum atomic E-state index is -5.96. The van der Waals surface area contributed by atoms with Gasteiger partial charge in [0.25, 0.3) is 5.56 Å². The van der Waals surface area contributed by atoms with Crippen molar-refractivity contribution in [2.24, 2.45) is 0 Å². The normalized spacial score (nSPS) is 12.0. The Morgan fingerprint density at radius 3 is 2.30 bits per heavy atom. The molecule has 0 bridgehead atoms. The van der Waals surface area contributed by atoms with Gasteiger partial charge in [0.2, 0.25) is 5.88 Å². The van der Waals surface area contributed by atoms with Crippen LogP contribution in [0.15, 0.2) is 53.3 Å². The number of fused-ring (bicyclic) bond motifs is 1. The third kappa shape index (κ3) is 3.92. The Hall–Kier alpha value is -3.21. The number of hydrogen-bond acceptors (Lipinski definition) is 6. The van der Waals surface area contributed by atoms with Crippen molar-refractivity contribution >= 4 is 20.9 Å². The van der Waals surface area contributed by atoms with Gasteiger partial charge in [-0.05, 0) is 42.6 Å². The van der Waals surface area contributed by atoms with Crippen molar-refractivity contribution in [3.8, 4) is 23.1 Å². The van der Waals surface area contributed by atoms with E-state index in [4.69, 9.17) is 9.47 Å². The summed E-state index contributed by atoms with van der Waals surface area (Å²) in [6.45, 7) is 1.90. The molecule has 11 heteroatoms. The van der Waals surface area contributed by atoms with Gasteiger partial charge in [0.05, 0.1) is 24.8 Å². The molecule has 0 aliphatic carbocycles. The van der Waals surface area contributed by atoms with E-state index in [0.717, 1.165) is 10.6 Å². The molecule has 0 N–H and O–H groups in total. The summed E-state index contributed by atoms with van der Waals surface area (Å²) in [7, 11) is -4.50. The summed E-state index contributed by atoms with van der Waals surface area (Å²) >= 11 is 0. The van der Waals surface area contributed by atoms with E-state index in [9.17, 15) is 26.4 Å². The van der Waals surface area contributed by atoms with Crippen LogP contribution in [0.25, 0.3) is 16.5 Å². The van der Waals surface area contributed by atoms with Gasteiger partial charge >= 0.3 is 15.6 Å². The minimum Gasteiger partial charge on any atom is -0.497 e. The maximum atomic E-state index is 13.2. The highest BCUT2D eigenvalue weighted by Gasteiger charge is 2.48. The van der Waals surface area contributed by atoms with Gasteiger partial charge in [-0.2, -0.15) is 21.6 Å². The fraction of sp³-hybridized carbons (Fsp3) is 0.211. The van der Waals surface area contributed by atoms with Crippen LogP contribution in [0.3, 0.4) is 0 Å². The molecule has 0 saturated heterocycles. The van der Waals surface area contributed by atoms with E-state index < -0.39 is 26.9 Å². The summed E-state index contributed by atoms with van der Waals surface area (Å²) in [6.07, 6.45) is 0. The number of benzene rings is 2. The summed E-state index contributed by atoms with van der Waals surface area (Å²) < 4.78 is 77.2. The summed E-state index contributed by atoms with van der Waals surface area (Å²) in [5.74, 6) is -0.0954. The molecule has 0 aliphatic rings. The van der Waals surface area contributed by atoms with Crippen molar-refractivity contribution in [1.29, 1.82) is 0 Å². The molecule has 0 fully saturated rings. The Morgan fingerprint density at radius 2 is 1.73 bits per heavy atom. The molecular formula is C19H16F3NO6S. The van der Waals surface area contributed by atoms with Gasteiger partial charge in [-0.15, -0.1) is 0 Å². The third-order valence-corrected chi connectivity index (χ3v) is 5.05. The standard InChI is InChI=1S/C19H16F3NO6S/c1-3-28-16-11-12-5-4-6-15(29-30(25,26)19(20,21)22)17(12)18(24)23(16)13-7-9-14(27-2)10-8-13/h4-11H,3H2,1-2H3. The van der Waals surface area contributed by atoms with Crippen LogP contribution in [0.4, 0.5) is 13.2 Å². The van der Waals surface area contributed by atoms with Crippen LogP contribution in [-0.2, 0) is 10.1 Å². The molecular weight excluding hydrogens is 427 g/mol. The van der Waals surface area contributed by atoms with Crippen LogP contribution in [-0.4, -0.2) is 32.2 Å². The predicted octanol–water partition coefficient (Wildman–Crippen LogP) is 3.63. The smallest absolute Gasteiger partial charge is 0.497 e. The Kier molecular flexibility index (Phi) is 5.66. The molecule has 0 saturated carbocycles. The Labute approximate surface area is 169 Å². The van der Waals surface area contributed by atoms with Crippen LogP contribution in [0.1, 0.15) is 6.92 Å². The average Bonchev–Trinajstić information content (AvgIpc) is 2.67. The van der Waals surface area contributed by atoms with E-state index in [1.807, 2.05) is 0 Å². The van der Waals surface area contributed by atoms with Gasteiger partial charge in [0.15, 0.2) is 5.75 Å². The average molecular weight is 443 g/mol. The summed E-state index contributed by atoms with van der Waals surface area (Å²) in [5.41, 5.74) is -6.12. The van der Waals surface area contributed by atoms with Gasteiger partial charge < -0.3 is 13.7 Å². The van der Waals surface area contributed by atoms with Crippen molar-refractivity contribution in [3.63, 3.8) is 0 Å². The van der Waals surface area contributed by atoms with Gasteiger partial charge in [-0.1, -0.05) is 12.1 Å². The zero-order valence-electron chi connectivity index (χ0n) is 15.8. The van der Waals surface area contributed by atoms with E-state index in [2.05, 4.69) is 4.18 Å². The highest BCUT2D eigenvalue weighted by Crippen LogP contribution is 2.32. The number of aromatic nitrogens is 1. The van der Waals surface area contributed by atoms with E-state index in [1.165, 1.54) is 25.3 Å². The summed E-state index contributed by atoms with van der Waals surface area (Å²) in [6, 6.07) is 11.4. The van der Waals surface area contributed by atoms with Gasteiger partial charge in [0.1, 0.15) is 5.75 Å². The van der Waals surface area contributed by atoms with E-state index in [1.54, 1.807) is 31.2 Å². The molecule has 0 amide bonds. The maximum absolute atomic E-state index is 13.2. The topological polar surface area (TPSA) is 83.8 Å². The second kappa shape index (κ2) is 7.90. The lowest BCUT2D eigenvalue weighted by Gasteiger charge is -2.16. The number of alkyl halides is 3. The van der Waals surface area contributed by atoms with Crippen LogP contribution in [0.5, 0.6) is 17.4 Å². The maximum Gasteiger partial charge on any atom is 0.534 e. The molecule has 3 rings (SSSR count). The molecule has 2 aromatic carbocycles. The summed E-state index contributed by atoms with van der Waals surface area (Å²) in [5, 5.41) is -0.187. The van der Waals surface area contributed by atoms with Crippen molar-refractivity contribution in [1.82, 2.24) is 4.57 Å². The quantitative estimate of drug-likeness (QED) is 0.427. The van der Waals surface area contributed by atoms with E-state index in [-0.39, 0.29) is 23.3 Å². The highest BCUT2D eigenvalue weighted by molar-refractivity contribution is 7.88. The zero-order valence-corrected chi connectivity index (χ0v) is 16.6. The number of methoxy groups -OCH3 is 1. The first-order chi connectivity index (χ1) is 14.1. The van der Waals surface area contributed by atoms with Gasteiger partial charge in [0, 0.05) is 6.07 Å². The van der Waals surface area contributed by atoms with Crippen molar-refractivity contribution in [2.45, 2.75) is 12.4 Å². The second-order valence-electron chi connectivity index (χ2n) is 5.96. The van der Waals surface area contributed by atoms with Gasteiger partial charge in [-0.3, -0.25) is 4.79 Å². The van der Waals surface area contributed by atoms with E-state index in [0.29, 0.717) is 11.4 Å². The first-order valence-electron chi connectivity index (χ1n) is 8.56. The highest BCUT2D eigenvalue weighted by atomic mass is 32.2. The van der Waals surface area contributed by atoms with Crippen LogP contribution in [0, 0.1) is 0 Å². The Morgan fingerprint density at radius 1 is 1.07 bits per heavy atom. The molecule has 0 unspecified atom stereocenters. The van der Waals surface area contributed by atoms with Crippen LogP contribution < -0.4 is 19.2 Å². The molecule has 30 heavy (non-hydrogen) atoms. The fourth-order valence-corrected chi connectivity index (χ4v) is 3.24. The van der Waals surface area contributed by atoms with Crippen LogP contribution >= 0.6 is 0 Å². The minimum absolute atomic E-state index is 0.121. The second-order valence-corrected chi connectivity index (χ2v) is 7.50. The molecule has 1 heterocycles. The monoisotopic (exact) mass is 443 g/mol. The van der Waals surface area contributed by atoms with E-state index >= 15 is 0 Å². The van der Waals surface area contributed by atoms with Crippen molar-refractivity contribution in [3.05, 3.63) is 58.9 Å². The largest absolute Gasteiger partial charge is 0.534 e. The third-order valence-electron chi connectivity index (χ3n) is 4.08. The molecule has 0 radical (unpaired) electrons. The molecule has 1 aromatic heterocycles. The Bertz CT molecular complexity index is 1230.